The smallest absolute Gasteiger partial charge is 0.0929 e. The molecule has 1 aromatic rings. The molecule has 1 heteroatoms. The molecule has 0 radical (unpaired) electrons. The lowest BCUT2D eigenvalue weighted by molar-refractivity contribution is -0.0870. The molecule has 1 aromatic carbocycles. The van der Waals surface area contributed by atoms with Gasteiger partial charge >= 0.3 is 0 Å². The van der Waals surface area contributed by atoms with Crippen LogP contribution in [0.4, 0.5) is 0 Å². The van der Waals surface area contributed by atoms with E-state index in [4.69, 9.17) is 0 Å². The number of hydrogen-bond acceptors (Lipinski definition) is 1. The molecule has 5 unspecified atom stereocenters. The quantitative estimate of drug-likeness (QED) is 0.781. The molecule has 3 bridgehead atoms. The van der Waals surface area contributed by atoms with Crippen molar-refractivity contribution in [2.24, 2.45) is 23.7 Å². The van der Waals surface area contributed by atoms with Gasteiger partial charge < -0.3 is 5.11 Å². The minimum absolute atomic E-state index is 0.514. The monoisotopic (exact) mass is 228 g/mol. The van der Waals surface area contributed by atoms with Crippen molar-refractivity contribution in [3.63, 3.8) is 0 Å². The van der Waals surface area contributed by atoms with Gasteiger partial charge in [0.1, 0.15) is 0 Å². The summed E-state index contributed by atoms with van der Waals surface area (Å²) in [4.78, 5) is 0. The summed E-state index contributed by atoms with van der Waals surface area (Å²) in [6.45, 7) is 0. The lowest BCUT2D eigenvalue weighted by atomic mass is 9.63. The maximum absolute atomic E-state index is 11.2. The molecule has 3 fully saturated rings. The molecule has 0 saturated heterocycles. The number of fused-ring (bicyclic) bond motifs is 2. The Bertz CT molecular complexity index is 424. The molecule has 0 aromatic heterocycles. The van der Waals surface area contributed by atoms with Crippen molar-refractivity contribution in [1.29, 1.82) is 0 Å². The van der Waals surface area contributed by atoms with E-state index in [9.17, 15) is 5.11 Å². The molecule has 0 heterocycles. The fourth-order valence-corrected chi connectivity index (χ4v) is 5.09. The fourth-order valence-electron chi connectivity index (χ4n) is 5.09. The molecule has 3 saturated carbocycles. The van der Waals surface area contributed by atoms with Crippen LogP contribution in [-0.2, 0) is 5.60 Å². The standard InChI is InChI=1S/C16H20O/c17-16(14-4-2-1-3-5-14)10-12-6-11-7-13(8-12)15(16)9-11/h1-5,11-13,15,17H,6-10H2. The summed E-state index contributed by atoms with van der Waals surface area (Å²) in [7, 11) is 0. The van der Waals surface area contributed by atoms with E-state index in [2.05, 4.69) is 24.3 Å². The van der Waals surface area contributed by atoms with Gasteiger partial charge in [-0.1, -0.05) is 30.3 Å². The molecule has 90 valence electrons. The predicted molar refractivity (Wildman–Crippen MR) is 67.4 cm³/mol. The molecular formula is C16H20O. The Hall–Kier alpha value is -0.820. The van der Waals surface area contributed by atoms with Crippen molar-refractivity contribution in [2.45, 2.75) is 37.7 Å². The largest absolute Gasteiger partial charge is 0.385 e. The first-order valence-corrected chi connectivity index (χ1v) is 7.03. The fraction of sp³-hybridized carbons (Fsp3) is 0.625. The Morgan fingerprint density at radius 3 is 2.53 bits per heavy atom. The average molecular weight is 228 g/mol. The highest BCUT2D eigenvalue weighted by molar-refractivity contribution is 5.26. The molecular weight excluding hydrogens is 208 g/mol. The zero-order valence-electron chi connectivity index (χ0n) is 10.2. The summed E-state index contributed by atoms with van der Waals surface area (Å²) in [6, 6.07) is 10.4. The Morgan fingerprint density at radius 1 is 0.941 bits per heavy atom. The van der Waals surface area contributed by atoms with Crippen LogP contribution < -0.4 is 0 Å². The molecule has 0 amide bonds. The van der Waals surface area contributed by atoms with Crippen molar-refractivity contribution in [3.05, 3.63) is 35.9 Å². The third-order valence-electron chi connectivity index (χ3n) is 5.58. The van der Waals surface area contributed by atoms with Gasteiger partial charge in [-0.15, -0.1) is 0 Å². The molecule has 0 aliphatic heterocycles. The third-order valence-corrected chi connectivity index (χ3v) is 5.58. The summed E-state index contributed by atoms with van der Waals surface area (Å²) < 4.78 is 0. The van der Waals surface area contributed by atoms with E-state index >= 15 is 0 Å². The van der Waals surface area contributed by atoms with Crippen LogP contribution in [0.15, 0.2) is 30.3 Å². The van der Waals surface area contributed by atoms with Gasteiger partial charge in [-0.3, -0.25) is 0 Å². The number of benzene rings is 1. The van der Waals surface area contributed by atoms with Crippen molar-refractivity contribution < 1.29 is 5.11 Å². The van der Waals surface area contributed by atoms with E-state index < -0.39 is 5.60 Å². The zero-order chi connectivity index (χ0) is 11.5. The van der Waals surface area contributed by atoms with Crippen LogP contribution in [0.2, 0.25) is 0 Å². The lowest BCUT2D eigenvalue weighted by Gasteiger charge is -2.45. The zero-order valence-corrected chi connectivity index (χ0v) is 10.2. The van der Waals surface area contributed by atoms with Gasteiger partial charge in [-0.05, 0) is 61.3 Å². The van der Waals surface area contributed by atoms with Crippen LogP contribution in [0.5, 0.6) is 0 Å². The maximum Gasteiger partial charge on any atom is 0.0929 e. The highest BCUT2D eigenvalue weighted by atomic mass is 16.3. The second-order valence-corrected chi connectivity index (χ2v) is 6.54. The summed E-state index contributed by atoms with van der Waals surface area (Å²) in [6.07, 6.45) is 6.43. The molecule has 1 nitrogen and oxygen atoms in total. The van der Waals surface area contributed by atoms with E-state index in [1.165, 1.54) is 31.2 Å². The van der Waals surface area contributed by atoms with Crippen LogP contribution in [0.1, 0.15) is 37.7 Å². The molecule has 1 N–H and O–H groups in total. The molecule has 0 spiro atoms. The minimum atomic E-state index is -0.514. The SMILES string of the molecule is OC1(c2ccccc2)CC2CC3CC(C2)C1C3. The van der Waals surface area contributed by atoms with Gasteiger partial charge in [0.05, 0.1) is 5.60 Å². The molecule has 5 atom stereocenters. The number of aliphatic hydroxyl groups is 1. The van der Waals surface area contributed by atoms with E-state index in [-0.39, 0.29) is 0 Å². The Labute approximate surface area is 103 Å². The van der Waals surface area contributed by atoms with Crippen LogP contribution >= 0.6 is 0 Å². The van der Waals surface area contributed by atoms with Gasteiger partial charge in [-0.25, -0.2) is 0 Å². The van der Waals surface area contributed by atoms with Crippen LogP contribution in [0.3, 0.4) is 0 Å². The summed E-state index contributed by atoms with van der Waals surface area (Å²) in [5.74, 6) is 3.04. The van der Waals surface area contributed by atoms with Crippen LogP contribution in [0.25, 0.3) is 0 Å². The van der Waals surface area contributed by atoms with Gasteiger partial charge in [0.25, 0.3) is 0 Å². The van der Waals surface area contributed by atoms with E-state index in [1.807, 2.05) is 6.07 Å². The maximum atomic E-state index is 11.2. The lowest BCUT2D eigenvalue weighted by Crippen LogP contribution is -2.43. The van der Waals surface area contributed by atoms with Gasteiger partial charge in [-0.2, -0.15) is 0 Å². The van der Waals surface area contributed by atoms with Gasteiger partial charge in [0, 0.05) is 0 Å². The van der Waals surface area contributed by atoms with Gasteiger partial charge in [0.15, 0.2) is 0 Å². The molecule has 3 aliphatic rings. The van der Waals surface area contributed by atoms with Crippen molar-refractivity contribution in [2.75, 3.05) is 0 Å². The molecule has 3 aliphatic carbocycles. The Balaban J connectivity index is 1.79. The number of rotatable bonds is 1. The number of hydrogen-bond donors (Lipinski definition) is 1. The van der Waals surface area contributed by atoms with E-state index in [1.54, 1.807) is 0 Å². The molecule has 17 heavy (non-hydrogen) atoms. The molecule has 4 rings (SSSR count). The topological polar surface area (TPSA) is 20.2 Å². The first kappa shape index (κ1) is 10.1. The van der Waals surface area contributed by atoms with E-state index in [0.717, 1.165) is 24.2 Å². The Morgan fingerprint density at radius 2 is 1.71 bits per heavy atom. The van der Waals surface area contributed by atoms with Crippen molar-refractivity contribution in [3.8, 4) is 0 Å². The predicted octanol–water partition coefficient (Wildman–Crippen LogP) is 3.33. The first-order valence-electron chi connectivity index (χ1n) is 7.03. The second-order valence-electron chi connectivity index (χ2n) is 6.54. The summed E-state index contributed by atoms with van der Waals surface area (Å²) in [5.41, 5.74) is 0.655. The Kier molecular flexibility index (Phi) is 2.00. The minimum Gasteiger partial charge on any atom is -0.385 e. The van der Waals surface area contributed by atoms with Crippen LogP contribution in [0, 0.1) is 23.7 Å². The third kappa shape index (κ3) is 1.35. The van der Waals surface area contributed by atoms with E-state index in [0.29, 0.717) is 5.92 Å². The highest BCUT2D eigenvalue weighted by Crippen LogP contribution is 2.61. The summed E-state index contributed by atoms with van der Waals surface area (Å²) >= 11 is 0. The van der Waals surface area contributed by atoms with Crippen molar-refractivity contribution in [1.82, 2.24) is 0 Å². The second kappa shape index (κ2) is 3.35. The van der Waals surface area contributed by atoms with Crippen LogP contribution in [-0.4, -0.2) is 5.11 Å². The normalized spacial score (nSPS) is 47.4. The summed E-state index contributed by atoms with van der Waals surface area (Å²) in [5, 5.41) is 11.2. The highest BCUT2D eigenvalue weighted by Gasteiger charge is 2.55. The average Bonchev–Trinajstić information content (AvgIpc) is 2.60. The van der Waals surface area contributed by atoms with Gasteiger partial charge in [0.2, 0.25) is 0 Å². The first-order chi connectivity index (χ1) is 8.25. The van der Waals surface area contributed by atoms with Crippen molar-refractivity contribution >= 4 is 0 Å².